The highest BCUT2D eigenvalue weighted by atomic mass is 35.5. The molecule has 0 aliphatic heterocycles. The Kier molecular flexibility index (Phi) is 6.23. The molecule has 2 aromatic rings. The van der Waals surface area contributed by atoms with Crippen LogP contribution in [-0.4, -0.2) is 29.8 Å². The molecule has 6 heteroatoms. The maximum absolute atomic E-state index is 12.4. The highest BCUT2D eigenvalue weighted by Gasteiger charge is 2.20. The minimum absolute atomic E-state index is 0.197. The van der Waals surface area contributed by atoms with Crippen LogP contribution in [0.5, 0.6) is 0 Å². The maximum atomic E-state index is 12.4. The van der Waals surface area contributed by atoms with E-state index in [0.717, 1.165) is 5.56 Å². The first-order chi connectivity index (χ1) is 11.4. The van der Waals surface area contributed by atoms with Gasteiger partial charge in [0.2, 0.25) is 5.91 Å². The van der Waals surface area contributed by atoms with Gasteiger partial charge in [0.05, 0.1) is 0 Å². The Balaban J connectivity index is 1.97. The van der Waals surface area contributed by atoms with Crippen molar-refractivity contribution in [3.05, 3.63) is 69.7 Å². The molecule has 126 valence electrons. The Hall–Kier alpha value is -2.04. The first-order valence-corrected chi connectivity index (χ1v) is 8.19. The first-order valence-electron chi connectivity index (χ1n) is 7.43. The molecule has 2 rings (SSSR count). The van der Waals surface area contributed by atoms with Gasteiger partial charge in [-0.05, 0) is 42.8 Å². The van der Waals surface area contributed by atoms with Gasteiger partial charge in [0.1, 0.15) is 6.04 Å². The van der Waals surface area contributed by atoms with Crippen molar-refractivity contribution in [3.63, 3.8) is 0 Å². The molecule has 0 fully saturated rings. The van der Waals surface area contributed by atoms with Crippen LogP contribution in [0.2, 0.25) is 10.0 Å². The minimum atomic E-state index is -0.652. The summed E-state index contributed by atoms with van der Waals surface area (Å²) in [5.74, 6) is -0.518. The third-order valence-electron chi connectivity index (χ3n) is 3.57. The predicted octanol–water partition coefficient (Wildman–Crippen LogP) is 3.77. The van der Waals surface area contributed by atoms with Crippen LogP contribution in [0.3, 0.4) is 0 Å². The first kappa shape index (κ1) is 18.3. The van der Waals surface area contributed by atoms with E-state index in [1.807, 2.05) is 18.2 Å². The molecule has 2 amide bonds. The quantitative estimate of drug-likeness (QED) is 0.877. The van der Waals surface area contributed by atoms with Crippen molar-refractivity contribution in [1.82, 2.24) is 10.2 Å². The van der Waals surface area contributed by atoms with E-state index in [0.29, 0.717) is 22.2 Å². The number of amides is 2. The molecule has 1 atom stereocenters. The number of benzene rings is 2. The monoisotopic (exact) mass is 364 g/mol. The number of rotatable bonds is 5. The fourth-order valence-corrected chi connectivity index (χ4v) is 2.56. The van der Waals surface area contributed by atoms with Crippen molar-refractivity contribution in [2.75, 3.05) is 7.05 Å². The molecule has 0 radical (unpaired) electrons. The third-order valence-corrected chi connectivity index (χ3v) is 4.19. The smallest absolute Gasteiger partial charge is 0.251 e. The number of hydrogen-bond acceptors (Lipinski definition) is 2. The van der Waals surface area contributed by atoms with Gasteiger partial charge in [-0.25, -0.2) is 0 Å². The Bertz CT molecular complexity index is 732. The fourth-order valence-electron chi connectivity index (χ4n) is 2.23. The van der Waals surface area contributed by atoms with E-state index in [9.17, 15) is 9.59 Å². The highest BCUT2D eigenvalue weighted by molar-refractivity contribution is 6.31. The number of likely N-dealkylation sites (N-methyl/N-ethyl adjacent to an activating group) is 1. The Morgan fingerprint density at radius 1 is 1.08 bits per heavy atom. The van der Waals surface area contributed by atoms with E-state index in [1.165, 1.54) is 4.90 Å². The SMILES string of the molecule is CC(NC(=O)c1ccc(Cl)cc1)C(=O)N(C)Cc1ccccc1Cl. The molecule has 0 aromatic heterocycles. The summed E-state index contributed by atoms with van der Waals surface area (Å²) in [5.41, 5.74) is 1.30. The summed E-state index contributed by atoms with van der Waals surface area (Å²) in [6.07, 6.45) is 0. The van der Waals surface area contributed by atoms with Crippen LogP contribution in [0.25, 0.3) is 0 Å². The van der Waals surface area contributed by atoms with Crippen LogP contribution in [-0.2, 0) is 11.3 Å². The lowest BCUT2D eigenvalue weighted by Gasteiger charge is -2.22. The average Bonchev–Trinajstić information content (AvgIpc) is 2.56. The summed E-state index contributed by atoms with van der Waals surface area (Å²) in [6, 6.07) is 13.2. The summed E-state index contributed by atoms with van der Waals surface area (Å²) < 4.78 is 0. The van der Waals surface area contributed by atoms with E-state index in [1.54, 1.807) is 44.3 Å². The van der Waals surface area contributed by atoms with E-state index >= 15 is 0 Å². The van der Waals surface area contributed by atoms with E-state index in [-0.39, 0.29) is 11.8 Å². The van der Waals surface area contributed by atoms with E-state index < -0.39 is 6.04 Å². The zero-order valence-corrected chi connectivity index (χ0v) is 14.9. The molecular formula is C18H18Cl2N2O2. The second-order valence-electron chi connectivity index (χ2n) is 5.49. The zero-order valence-electron chi connectivity index (χ0n) is 13.4. The molecule has 0 bridgehead atoms. The molecule has 0 heterocycles. The Morgan fingerprint density at radius 3 is 2.33 bits per heavy atom. The molecule has 4 nitrogen and oxygen atoms in total. The van der Waals surface area contributed by atoms with Crippen molar-refractivity contribution in [2.45, 2.75) is 19.5 Å². The summed E-state index contributed by atoms with van der Waals surface area (Å²) in [4.78, 5) is 26.1. The lowest BCUT2D eigenvalue weighted by Crippen LogP contribution is -2.45. The lowest BCUT2D eigenvalue weighted by molar-refractivity contribution is -0.132. The van der Waals surface area contributed by atoms with Crippen molar-refractivity contribution >= 4 is 35.0 Å². The van der Waals surface area contributed by atoms with Crippen LogP contribution in [0, 0.1) is 0 Å². The number of carbonyl (C=O) groups is 2. The van der Waals surface area contributed by atoms with Gasteiger partial charge in [-0.15, -0.1) is 0 Å². The predicted molar refractivity (Wildman–Crippen MR) is 96.3 cm³/mol. The van der Waals surface area contributed by atoms with Gasteiger partial charge in [-0.2, -0.15) is 0 Å². The summed E-state index contributed by atoms with van der Waals surface area (Å²) in [5, 5.41) is 3.85. The Morgan fingerprint density at radius 2 is 1.71 bits per heavy atom. The normalized spacial score (nSPS) is 11.7. The standard InChI is InChI=1S/C18H18Cl2N2O2/c1-12(21-17(23)13-7-9-15(19)10-8-13)18(24)22(2)11-14-5-3-4-6-16(14)20/h3-10,12H,11H2,1-2H3,(H,21,23). The summed E-state index contributed by atoms with van der Waals surface area (Å²) >= 11 is 11.9. The molecule has 0 aliphatic carbocycles. The van der Waals surface area contributed by atoms with Gasteiger partial charge < -0.3 is 10.2 Å². The van der Waals surface area contributed by atoms with Gasteiger partial charge in [0.25, 0.3) is 5.91 Å². The van der Waals surface area contributed by atoms with Gasteiger partial charge in [-0.3, -0.25) is 9.59 Å². The second-order valence-corrected chi connectivity index (χ2v) is 6.33. The minimum Gasteiger partial charge on any atom is -0.341 e. The van der Waals surface area contributed by atoms with Crippen LogP contribution in [0.1, 0.15) is 22.8 Å². The second kappa shape index (κ2) is 8.18. The average molecular weight is 365 g/mol. The maximum Gasteiger partial charge on any atom is 0.251 e. The molecule has 1 N–H and O–H groups in total. The van der Waals surface area contributed by atoms with Gasteiger partial charge in [0.15, 0.2) is 0 Å². The summed E-state index contributed by atoms with van der Waals surface area (Å²) in [6.45, 7) is 2.03. The topological polar surface area (TPSA) is 49.4 Å². The van der Waals surface area contributed by atoms with Crippen molar-refractivity contribution in [2.24, 2.45) is 0 Å². The number of nitrogens with one attached hydrogen (secondary N) is 1. The van der Waals surface area contributed by atoms with Crippen LogP contribution < -0.4 is 5.32 Å². The van der Waals surface area contributed by atoms with Crippen LogP contribution in [0.4, 0.5) is 0 Å². The van der Waals surface area contributed by atoms with E-state index in [2.05, 4.69) is 5.32 Å². The van der Waals surface area contributed by atoms with Crippen molar-refractivity contribution < 1.29 is 9.59 Å². The summed E-state index contributed by atoms with van der Waals surface area (Å²) in [7, 11) is 1.68. The lowest BCUT2D eigenvalue weighted by atomic mass is 10.1. The van der Waals surface area contributed by atoms with Crippen LogP contribution >= 0.6 is 23.2 Å². The molecule has 0 saturated heterocycles. The third kappa shape index (κ3) is 4.73. The molecule has 0 spiro atoms. The van der Waals surface area contributed by atoms with Gasteiger partial charge >= 0.3 is 0 Å². The Labute approximate surface area is 151 Å². The number of nitrogens with zero attached hydrogens (tertiary/aromatic N) is 1. The molecule has 1 unspecified atom stereocenters. The van der Waals surface area contributed by atoms with Gasteiger partial charge in [-0.1, -0.05) is 41.4 Å². The number of carbonyl (C=O) groups excluding carboxylic acids is 2. The molecule has 0 saturated carbocycles. The van der Waals surface area contributed by atoms with Crippen molar-refractivity contribution in [1.29, 1.82) is 0 Å². The zero-order chi connectivity index (χ0) is 17.7. The molecule has 0 aliphatic rings. The molecule has 2 aromatic carbocycles. The largest absolute Gasteiger partial charge is 0.341 e. The molecule has 24 heavy (non-hydrogen) atoms. The highest BCUT2D eigenvalue weighted by Crippen LogP contribution is 2.17. The number of hydrogen-bond donors (Lipinski definition) is 1. The van der Waals surface area contributed by atoms with Gasteiger partial charge in [0, 0.05) is 29.2 Å². The number of halogens is 2. The fraction of sp³-hybridized carbons (Fsp3) is 0.222. The van der Waals surface area contributed by atoms with Crippen molar-refractivity contribution in [3.8, 4) is 0 Å². The van der Waals surface area contributed by atoms with Crippen LogP contribution in [0.15, 0.2) is 48.5 Å². The van der Waals surface area contributed by atoms with E-state index in [4.69, 9.17) is 23.2 Å². The molecular weight excluding hydrogens is 347 g/mol.